The lowest BCUT2D eigenvalue weighted by Crippen LogP contribution is -2.43. The van der Waals surface area contributed by atoms with Gasteiger partial charge in [0, 0.05) is 13.8 Å². The zero-order valence-electron chi connectivity index (χ0n) is 12.2. The van der Waals surface area contributed by atoms with E-state index in [2.05, 4.69) is 0 Å². The molecule has 0 spiro atoms. The number of hydrogen-bond acceptors (Lipinski definition) is 4. The largest absolute Gasteiger partial charge is 0.480 e. The minimum Gasteiger partial charge on any atom is -0.480 e. The summed E-state index contributed by atoms with van der Waals surface area (Å²) in [6.07, 6.45) is 5.47. The second kappa shape index (κ2) is 5.90. The highest BCUT2D eigenvalue weighted by Gasteiger charge is 2.41. The Morgan fingerprint density at radius 1 is 1.05 bits per heavy atom. The zero-order valence-corrected chi connectivity index (χ0v) is 12.2. The van der Waals surface area contributed by atoms with Gasteiger partial charge in [0.2, 0.25) is 5.79 Å². The Balaban J connectivity index is 2.58. The van der Waals surface area contributed by atoms with Gasteiger partial charge >= 0.3 is 11.9 Å². The summed E-state index contributed by atoms with van der Waals surface area (Å²) < 4.78 is 11.0. The molecule has 0 atom stereocenters. The summed E-state index contributed by atoms with van der Waals surface area (Å²) in [5.41, 5.74) is -1.56. The highest BCUT2D eigenvalue weighted by atomic mass is 16.7. The molecular weight excluding hydrogens is 248 g/mol. The Hall–Kier alpha value is -1.10. The standard InChI is InChI=1S/C14H24O5/c1-13(2,11(15)16)12(17)19-14(3,4)18-10-8-6-5-7-9-10/h10H,5-9H2,1-4H3,(H,15,16). The Labute approximate surface area is 114 Å². The van der Waals surface area contributed by atoms with Crippen LogP contribution in [0.5, 0.6) is 0 Å². The fourth-order valence-electron chi connectivity index (χ4n) is 2.05. The van der Waals surface area contributed by atoms with Crippen LogP contribution in [0.2, 0.25) is 0 Å². The molecule has 0 saturated heterocycles. The van der Waals surface area contributed by atoms with Crippen molar-refractivity contribution in [2.45, 2.75) is 71.7 Å². The highest BCUT2D eigenvalue weighted by molar-refractivity contribution is 5.98. The van der Waals surface area contributed by atoms with E-state index in [0.717, 1.165) is 25.7 Å². The van der Waals surface area contributed by atoms with Crippen molar-refractivity contribution < 1.29 is 24.2 Å². The number of carboxylic acid groups (broad SMARTS) is 1. The molecule has 5 nitrogen and oxygen atoms in total. The number of esters is 1. The van der Waals surface area contributed by atoms with E-state index in [-0.39, 0.29) is 6.10 Å². The van der Waals surface area contributed by atoms with E-state index in [4.69, 9.17) is 14.6 Å². The van der Waals surface area contributed by atoms with Crippen molar-refractivity contribution >= 4 is 11.9 Å². The first kappa shape index (κ1) is 16.0. The van der Waals surface area contributed by atoms with Crippen molar-refractivity contribution in [3.8, 4) is 0 Å². The fraction of sp³-hybridized carbons (Fsp3) is 0.857. The average molecular weight is 272 g/mol. The number of carboxylic acids is 1. The number of carbonyl (C=O) groups is 2. The van der Waals surface area contributed by atoms with Crippen LogP contribution < -0.4 is 0 Å². The van der Waals surface area contributed by atoms with Gasteiger partial charge in [-0.1, -0.05) is 19.3 Å². The summed E-state index contributed by atoms with van der Waals surface area (Å²) in [7, 11) is 0. The number of carbonyl (C=O) groups excluding carboxylic acids is 1. The Kier molecular flexibility index (Phi) is 4.96. The molecule has 19 heavy (non-hydrogen) atoms. The topological polar surface area (TPSA) is 72.8 Å². The molecular formula is C14H24O5. The van der Waals surface area contributed by atoms with Crippen LogP contribution in [0, 0.1) is 5.41 Å². The van der Waals surface area contributed by atoms with Crippen molar-refractivity contribution in [3.05, 3.63) is 0 Å². The Morgan fingerprint density at radius 3 is 2.05 bits per heavy atom. The van der Waals surface area contributed by atoms with Gasteiger partial charge in [-0.15, -0.1) is 0 Å². The quantitative estimate of drug-likeness (QED) is 0.473. The third-order valence-electron chi connectivity index (χ3n) is 3.39. The van der Waals surface area contributed by atoms with Crippen molar-refractivity contribution in [1.29, 1.82) is 0 Å². The molecule has 1 aliphatic carbocycles. The van der Waals surface area contributed by atoms with Crippen LogP contribution in [-0.4, -0.2) is 28.9 Å². The molecule has 1 N–H and O–H groups in total. The van der Waals surface area contributed by atoms with Crippen molar-refractivity contribution in [1.82, 2.24) is 0 Å². The number of rotatable bonds is 5. The van der Waals surface area contributed by atoms with E-state index in [1.54, 1.807) is 13.8 Å². The van der Waals surface area contributed by atoms with E-state index >= 15 is 0 Å². The van der Waals surface area contributed by atoms with Gasteiger partial charge in [-0.25, -0.2) is 0 Å². The maximum absolute atomic E-state index is 11.9. The molecule has 0 bridgehead atoms. The first-order valence-electron chi connectivity index (χ1n) is 6.80. The van der Waals surface area contributed by atoms with Gasteiger partial charge in [0.15, 0.2) is 5.41 Å². The van der Waals surface area contributed by atoms with E-state index in [0.29, 0.717) is 0 Å². The molecule has 0 aromatic carbocycles. The van der Waals surface area contributed by atoms with Crippen LogP contribution in [0.15, 0.2) is 0 Å². The van der Waals surface area contributed by atoms with Crippen LogP contribution in [0.1, 0.15) is 59.8 Å². The molecule has 1 aliphatic rings. The third kappa shape index (κ3) is 4.49. The Morgan fingerprint density at radius 2 is 1.58 bits per heavy atom. The normalized spacial score (nSPS) is 18.1. The van der Waals surface area contributed by atoms with Crippen LogP contribution in [0.4, 0.5) is 0 Å². The van der Waals surface area contributed by atoms with Crippen LogP contribution in [0.3, 0.4) is 0 Å². The summed E-state index contributed by atoms with van der Waals surface area (Å²) in [5.74, 6) is -3.07. The SMILES string of the molecule is CC(C)(OC(=O)C(C)(C)C(=O)O)OC1CCCCC1. The van der Waals surface area contributed by atoms with E-state index in [1.165, 1.54) is 20.3 Å². The van der Waals surface area contributed by atoms with E-state index < -0.39 is 23.1 Å². The molecule has 0 amide bonds. The summed E-state index contributed by atoms with van der Waals surface area (Å²) in [5, 5.41) is 8.99. The molecule has 5 heteroatoms. The first-order chi connectivity index (χ1) is 8.65. The molecule has 1 fully saturated rings. The second-order valence-electron chi connectivity index (χ2n) is 6.10. The van der Waals surface area contributed by atoms with Gasteiger partial charge in [-0.05, 0) is 26.7 Å². The molecule has 0 aromatic heterocycles. The van der Waals surface area contributed by atoms with Crippen LogP contribution in [-0.2, 0) is 19.1 Å². The molecule has 0 heterocycles. The third-order valence-corrected chi connectivity index (χ3v) is 3.39. The summed E-state index contributed by atoms with van der Waals surface area (Å²) in [6, 6.07) is 0. The number of aliphatic carboxylic acids is 1. The molecule has 0 aliphatic heterocycles. The lowest BCUT2D eigenvalue weighted by Gasteiger charge is -2.34. The molecule has 1 saturated carbocycles. The minimum absolute atomic E-state index is 0.0875. The average Bonchev–Trinajstić information content (AvgIpc) is 2.28. The van der Waals surface area contributed by atoms with Gasteiger partial charge < -0.3 is 14.6 Å². The molecule has 1 rings (SSSR count). The van der Waals surface area contributed by atoms with Gasteiger partial charge in [0.1, 0.15) is 0 Å². The van der Waals surface area contributed by atoms with Crippen LogP contribution >= 0.6 is 0 Å². The second-order valence-corrected chi connectivity index (χ2v) is 6.10. The Bertz CT molecular complexity index is 340. The molecule has 110 valence electrons. The van der Waals surface area contributed by atoms with E-state index in [9.17, 15) is 9.59 Å². The number of hydrogen-bond donors (Lipinski definition) is 1. The van der Waals surface area contributed by atoms with Crippen molar-refractivity contribution in [2.75, 3.05) is 0 Å². The fourth-order valence-corrected chi connectivity index (χ4v) is 2.05. The summed E-state index contributed by atoms with van der Waals surface area (Å²) >= 11 is 0. The maximum Gasteiger partial charge on any atom is 0.325 e. The molecule has 0 aromatic rings. The molecule has 0 radical (unpaired) electrons. The lowest BCUT2D eigenvalue weighted by molar-refractivity contribution is -0.242. The van der Waals surface area contributed by atoms with Crippen molar-refractivity contribution in [3.63, 3.8) is 0 Å². The minimum atomic E-state index is -1.56. The van der Waals surface area contributed by atoms with E-state index in [1.807, 2.05) is 0 Å². The van der Waals surface area contributed by atoms with Gasteiger partial charge in [0.05, 0.1) is 6.10 Å². The van der Waals surface area contributed by atoms with Gasteiger partial charge in [-0.2, -0.15) is 0 Å². The molecule has 0 unspecified atom stereocenters. The zero-order chi connectivity index (χ0) is 14.7. The van der Waals surface area contributed by atoms with Gasteiger partial charge in [-0.3, -0.25) is 9.59 Å². The predicted octanol–water partition coefficient (Wildman–Crippen LogP) is 2.73. The van der Waals surface area contributed by atoms with Gasteiger partial charge in [0.25, 0.3) is 0 Å². The monoisotopic (exact) mass is 272 g/mol. The smallest absolute Gasteiger partial charge is 0.325 e. The summed E-state index contributed by atoms with van der Waals surface area (Å²) in [6.45, 7) is 5.96. The summed E-state index contributed by atoms with van der Waals surface area (Å²) in [4.78, 5) is 22.9. The predicted molar refractivity (Wildman–Crippen MR) is 69.5 cm³/mol. The lowest BCUT2D eigenvalue weighted by atomic mass is 9.94. The highest BCUT2D eigenvalue weighted by Crippen LogP contribution is 2.28. The maximum atomic E-state index is 11.9. The van der Waals surface area contributed by atoms with Crippen molar-refractivity contribution in [2.24, 2.45) is 5.41 Å². The first-order valence-corrected chi connectivity index (χ1v) is 6.80. The van der Waals surface area contributed by atoms with Crippen LogP contribution in [0.25, 0.3) is 0 Å². The number of ether oxygens (including phenoxy) is 2.